The van der Waals surface area contributed by atoms with Crippen LogP contribution in [0.15, 0.2) is 48.5 Å². The molecule has 0 heterocycles. The monoisotopic (exact) mass is 394 g/mol. The normalized spacial score (nSPS) is 10.9. The number of esters is 1. The molecular weight excluding hydrogens is 377 g/mol. The molecule has 0 unspecified atom stereocenters. The maximum atomic E-state index is 12.7. The van der Waals surface area contributed by atoms with Gasteiger partial charge < -0.3 is 15.4 Å². The van der Waals surface area contributed by atoms with Crippen molar-refractivity contribution in [1.29, 1.82) is 0 Å². The van der Waals surface area contributed by atoms with E-state index in [1.54, 1.807) is 0 Å². The lowest BCUT2D eigenvalue weighted by Gasteiger charge is -2.10. The first kappa shape index (κ1) is 20.9. The second-order valence-electron chi connectivity index (χ2n) is 5.76. The number of benzene rings is 2. The van der Waals surface area contributed by atoms with E-state index in [-0.39, 0.29) is 24.1 Å². The second kappa shape index (κ2) is 9.03. The molecule has 0 saturated heterocycles. The molecule has 0 bridgehead atoms. The summed E-state index contributed by atoms with van der Waals surface area (Å²) in [5, 5.41) is 4.92. The molecule has 0 radical (unpaired) electrons. The van der Waals surface area contributed by atoms with Crippen molar-refractivity contribution in [3.63, 3.8) is 0 Å². The summed E-state index contributed by atoms with van der Waals surface area (Å²) in [6.45, 7) is -0.273. The maximum absolute atomic E-state index is 12.7. The Morgan fingerprint density at radius 3 is 2.32 bits per heavy atom. The van der Waals surface area contributed by atoms with Crippen molar-refractivity contribution in [3.8, 4) is 0 Å². The average molecular weight is 394 g/mol. The van der Waals surface area contributed by atoms with E-state index in [1.807, 2.05) is 0 Å². The molecule has 0 aliphatic rings. The van der Waals surface area contributed by atoms with Crippen LogP contribution in [0.5, 0.6) is 0 Å². The highest BCUT2D eigenvalue weighted by atomic mass is 19.4. The molecule has 6 nitrogen and oxygen atoms in total. The zero-order chi connectivity index (χ0) is 20.7. The SMILES string of the molecule is COC(=O)CNC(=O)c1ccc(NC(=O)Cc2cccc(C(F)(F)F)c2)cc1. The third-order valence-corrected chi connectivity index (χ3v) is 3.67. The Labute approximate surface area is 158 Å². The number of amides is 2. The fraction of sp³-hybridized carbons (Fsp3) is 0.211. The number of hydrogen-bond acceptors (Lipinski definition) is 4. The van der Waals surface area contributed by atoms with Crippen LogP contribution in [0.3, 0.4) is 0 Å². The molecule has 0 atom stereocenters. The quantitative estimate of drug-likeness (QED) is 0.738. The molecule has 9 heteroatoms. The molecule has 0 aliphatic heterocycles. The largest absolute Gasteiger partial charge is 0.468 e. The Hall–Kier alpha value is -3.36. The lowest BCUT2D eigenvalue weighted by atomic mass is 10.1. The Balaban J connectivity index is 1.94. The zero-order valence-electron chi connectivity index (χ0n) is 14.8. The second-order valence-corrected chi connectivity index (χ2v) is 5.76. The van der Waals surface area contributed by atoms with Crippen molar-refractivity contribution in [2.75, 3.05) is 19.0 Å². The lowest BCUT2D eigenvalue weighted by molar-refractivity contribution is -0.139. The van der Waals surface area contributed by atoms with Gasteiger partial charge in [0.1, 0.15) is 6.54 Å². The summed E-state index contributed by atoms with van der Waals surface area (Å²) in [4.78, 5) is 34.9. The number of halogens is 3. The maximum Gasteiger partial charge on any atom is 0.416 e. The van der Waals surface area contributed by atoms with Crippen LogP contribution in [0.2, 0.25) is 0 Å². The molecule has 2 aromatic carbocycles. The van der Waals surface area contributed by atoms with Crippen molar-refractivity contribution >= 4 is 23.5 Å². The van der Waals surface area contributed by atoms with Gasteiger partial charge >= 0.3 is 12.1 Å². The van der Waals surface area contributed by atoms with Gasteiger partial charge in [0, 0.05) is 11.3 Å². The molecule has 0 aliphatic carbocycles. The first-order chi connectivity index (χ1) is 13.2. The minimum Gasteiger partial charge on any atom is -0.468 e. The summed E-state index contributed by atoms with van der Waals surface area (Å²) in [5.74, 6) is -1.58. The van der Waals surface area contributed by atoms with Crippen molar-refractivity contribution in [1.82, 2.24) is 5.32 Å². The van der Waals surface area contributed by atoms with Gasteiger partial charge in [-0.2, -0.15) is 13.2 Å². The molecular formula is C19H17F3N2O4. The van der Waals surface area contributed by atoms with Crippen LogP contribution in [0.4, 0.5) is 18.9 Å². The number of carbonyl (C=O) groups is 3. The summed E-state index contributed by atoms with van der Waals surface area (Å²) in [6.07, 6.45) is -4.71. The van der Waals surface area contributed by atoms with Gasteiger partial charge in [-0.1, -0.05) is 18.2 Å². The lowest BCUT2D eigenvalue weighted by Crippen LogP contribution is -2.30. The van der Waals surface area contributed by atoms with E-state index < -0.39 is 29.5 Å². The zero-order valence-corrected chi connectivity index (χ0v) is 14.8. The summed E-state index contributed by atoms with van der Waals surface area (Å²) >= 11 is 0. The highest BCUT2D eigenvalue weighted by molar-refractivity contribution is 5.97. The Morgan fingerprint density at radius 1 is 1.04 bits per heavy atom. The summed E-state index contributed by atoms with van der Waals surface area (Å²) in [7, 11) is 1.20. The molecule has 0 saturated carbocycles. The molecule has 2 aromatic rings. The van der Waals surface area contributed by atoms with Crippen LogP contribution in [0.25, 0.3) is 0 Å². The number of hydrogen-bond donors (Lipinski definition) is 2. The number of ether oxygens (including phenoxy) is 1. The van der Waals surface area contributed by atoms with E-state index in [0.29, 0.717) is 5.69 Å². The third kappa shape index (κ3) is 6.11. The number of alkyl halides is 3. The minimum atomic E-state index is -4.48. The Morgan fingerprint density at radius 2 is 1.71 bits per heavy atom. The van der Waals surface area contributed by atoms with Gasteiger partial charge in [0.25, 0.3) is 5.91 Å². The van der Waals surface area contributed by atoms with Gasteiger partial charge in [-0.3, -0.25) is 14.4 Å². The van der Waals surface area contributed by atoms with Crippen molar-refractivity contribution in [3.05, 3.63) is 65.2 Å². The molecule has 0 fully saturated rings. The average Bonchev–Trinajstić information content (AvgIpc) is 2.65. The molecule has 2 N–H and O–H groups in total. The van der Waals surface area contributed by atoms with Crippen LogP contribution in [-0.4, -0.2) is 31.4 Å². The van der Waals surface area contributed by atoms with E-state index in [2.05, 4.69) is 15.4 Å². The standard InChI is InChI=1S/C19H17F3N2O4/c1-28-17(26)11-23-18(27)13-5-7-15(8-6-13)24-16(25)10-12-3-2-4-14(9-12)19(20,21)22/h2-9H,10-11H2,1H3,(H,23,27)(H,24,25). The highest BCUT2D eigenvalue weighted by Crippen LogP contribution is 2.29. The molecule has 0 spiro atoms. The van der Waals surface area contributed by atoms with Crippen LogP contribution in [0.1, 0.15) is 21.5 Å². The first-order valence-electron chi connectivity index (χ1n) is 8.10. The van der Waals surface area contributed by atoms with E-state index in [9.17, 15) is 27.6 Å². The van der Waals surface area contributed by atoms with E-state index >= 15 is 0 Å². The van der Waals surface area contributed by atoms with Crippen molar-refractivity contribution < 1.29 is 32.3 Å². The van der Waals surface area contributed by atoms with Crippen LogP contribution >= 0.6 is 0 Å². The van der Waals surface area contributed by atoms with Crippen LogP contribution < -0.4 is 10.6 Å². The summed E-state index contributed by atoms with van der Waals surface area (Å²) in [6, 6.07) is 10.4. The van der Waals surface area contributed by atoms with Crippen molar-refractivity contribution in [2.24, 2.45) is 0 Å². The van der Waals surface area contributed by atoms with E-state index in [4.69, 9.17) is 0 Å². The summed E-state index contributed by atoms with van der Waals surface area (Å²) in [5.41, 5.74) is 0.0486. The fourth-order valence-corrected chi connectivity index (χ4v) is 2.28. The predicted octanol–water partition coefficient (Wildman–Crippen LogP) is 2.79. The number of nitrogens with one attached hydrogen (secondary N) is 2. The molecule has 0 aromatic heterocycles. The van der Waals surface area contributed by atoms with E-state index in [1.165, 1.54) is 43.5 Å². The molecule has 148 valence electrons. The minimum absolute atomic E-state index is 0.228. The number of methoxy groups -OCH3 is 1. The molecule has 28 heavy (non-hydrogen) atoms. The fourth-order valence-electron chi connectivity index (χ4n) is 2.28. The van der Waals surface area contributed by atoms with Crippen LogP contribution in [-0.2, 0) is 26.9 Å². The summed E-state index contributed by atoms with van der Waals surface area (Å²) < 4.78 is 42.6. The number of rotatable bonds is 6. The molecule has 2 rings (SSSR count). The van der Waals surface area contributed by atoms with Gasteiger partial charge in [-0.25, -0.2) is 0 Å². The highest BCUT2D eigenvalue weighted by Gasteiger charge is 2.30. The van der Waals surface area contributed by atoms with Gasteiger partial charge in [0.05, 0.1) is 19.1 Å². The van der Waals surface area contributed by atoms with Gasteiger partial charge in [0.15, 0.2) is 0 Å². The van der Waals surface area contributed by atoms with Crippen LogP contribution in [0, 0.1) is 0 Å². The number of anilines is 1. The van der Waals surface area contributed by atoms with Gasteiger partial charge in [-0.15, -0.1) is 0 Å². The van der Waals surface area contributed by atoms with Crippen molar-refractivity contribution in [2.45, 2.75) is 12.6 Å². The smallest absolute Gasteiger partial charge is 0.416 e. The first-order valence-corrected chi connectivity index (χ1v) is 8.10. The Kier molecular flexibility index (Phi) is 6.75. The topological polar surface area (TPSA) is 84.5 Å². The number of carbonyl (C=O) groups excluding carboxylic acids is 3. The Bertz CT molecular complexity index is 864. The molecule has 2 amide bonds. The predicted molar refractivity (Wildman–Crippen MR) is 94.6 cm³/mol. The van der Waals surface area contributed by atoms with E-state index in [0.717, 1.165) is 12.1 Å². The van der Waals surface area contributed by atoms with Gasteiger partial charge in [0.2, 0.25) is 5.91 Å². The van der Waals surface area contributed by atoms with Gasteiger partial charge in [-0.05, 0) is 35.9 Å². The third-order valence-electron chi connectivity index (χ3n) is 3.67.